The molecule has 0 spiro atoms. The number of esters is 2. The Bertz CT molecular complexity index is 907. The number of aryl methyl sites for hydroxylation is 2. The van der Waals surface area contributed by atoms with E-state index in [1.165, 1.54) is 12.1 Å². The highest BCUT2D eigenvalue weighted by Gasteiger charge is 2.15. The lowest BCUT2D eigenvalue weighted by Crippen LogP contribution is -2.10. The Labute approximate surface area is 171 Å². The summed E-state index contributed by atoms with van der Waals surface area (Å²) in [5.74, 6) is -1.30. The third-order valence-electron chi connectivity index (χ3n) is 4.27. The van der Waals surface area contributed by atoms with Crippen LogP contribution >= 0.6 is 0 Å². The molecule has 10 nitrogen and oxygen atoms in total. The molecule has 0 bridgehead atoms. The first-order chi connectivity index (χ1) is 14.2. The summed E-state index contributed by atoms with van der Waals surface area (Å²) in [5, 5.41) is 21.9. The number of benzene rings is 2. The van der Waals surface area contributed by atoms with Crippen LogP contribution in [0.1, 0.15) is 35.1 Å². The lowest BCUT2D eigenvalue weighted by Gasteiger charge is -2.07. The maximum absolute atomic E-state index is 11.8. The standard InChI is InChI=1S/C20H20N2O8/c1-13-3-5-15(9-17(13)21(25)26)11-29-19(23)7-8-20(24)30-12-16-6-4-14(2)18(10-16)22(27)28/h3-6,9-10H,7-8,11-12H2,1-2H3. The van der Waals surface area contributed by atoms with Gasteiger partial charge in [0, 0.05) is 23.3 Å². The molecule has 30 heavy (non-hydrogen) atoms. The molecule has 2 rings (SSSR count). The summed E-state index contributed by atoms with van der Waals surface area (Å²) < 4.78 is 10.1. The topological polar surface area (TPSA) is 139 Å². The largest absolute Gasteiger partial charge is 0.461 e. The van der Waals surface area contributed by atoms with Crippen molar-refractivity contribution in [3.63, 3.8) is 0 Å². The SMILES string of the molecule is Cc1ccc(COC(=O)CCC(=O)OCc2ccc(C)c([N+](=O)[O-])c2)cc1[N+](=O)[O-]. The van der Waals surface area contributed by atoms with Crippen molar-refractivity contribution in [3.05, 3.63) is 78.9 Å². The van der Waals surface area contributed by atoms with Crippen LogP contribution < -0.4 is 0 Å². The van der Waals surface area contributed by atoms with Gasteiger partial charge in [0.25, 0.3) is 11.4 Å². The summed E-state index contributed by atoms with van der Waals surface area (Å²) in [7, 11) is 0. The van der Waals surface area contributed by atoms with Crippen LogP contribution in [0.5, 0.6) is 0 Å². The second-order valence-corrected chi connectivity index (χ2v) is 6.58. The molecule has 158 valence electrons. The molecule has 0 saturated heterocycles. The number of nitrogens with zero attached hydrogens (tertiary/aromatic N) is 2. The van der Waals surface area contributed by atoms with E-state index in [2.05, 4.69) is 0 Å². The Balaban J connectivity index is 1.78. The molecule has 0 fully saturated rings. The first-order valence-corrected chi connectivity index (χ1v) is 8.96. The minimum Gasteiger partial charge on any atom is -0.461 e. The van der Waals surface area contributed by atoms with Crippen LogP contribution in [-0.2, 0) is 32.3 Å². The molecular formula is C20H20N2O8. The van der Waals surface area contributed by atoms with Crippen LogP contribution in [0.4, 0.5) is 11.4 Å². The van der Waals surface area contributed by atoms with Crippen LogP contribution in [0.15, 0.2) is 36.4 Å². The second kappa shape index (κ2) is 10.1. The number of carbonyl (C=O) groups excluding carboxylic acids is 2. The molecule has 2 aromatic carbocycles. The monoisotopic (exact) mass is 416 g/mol. The van der Waals surface area contributed by atoms with Crippen molar-refractivity contribution < 1.29 is 28.9 Å². The fraction of sp³-hybridized carbons (Fsp3) is 0.300. The predicted molar refractivity (Wildman–Crippen MR) is 104 cm³/mol. The van der Waals surface area contributed by atoms with Crippen molar-refractivity contribution in [2.75, 3.05) is 0 Å². The molecule has 0 unspecified atom stereocenters. The number of hydrogen-bond acceptors (Lipinski definition) is 8. The summed E-state index contributed by atoms with van der Waals surface area (Å²) in [5.41, 5.74) is 1.79. The van der Waals surface area contributed by atoms with Crippen molar-refractivity contribution in [3.8, 4) is 0 Å². The Kier molecular flexibility index (Phi) is 7.56. The van der Waals surface area contributed by atoms with Crippen molar-refractivity contribution in [2.45, 2.75) is 39.9 Å². The smallest absolute Gasteiger partial charge is 0.306 e. The predicted octanol–water partition coefficient (Wildman–Crippen LogP) is 3.69. The first kappa shape index (κ1) is 22.5. The van der Waals surface area contributed by atoms with E-state index >= 15 is 0 Å². The van der Waals surface area contributed by atoms with Gasteiger partial charge in [0.1, 0.15) is 13.2 Å². The molecule has 0 aliphatic heterocycles. The van der Waals surface area contributed by atoms with Crippen LogP contribution in [0.25, 0.3) is 0 Å². The Morgan fingerprint density at radius 3 is 1.47 bits per heavy atom. The molecule has 0 radical (unpaired) electrons. The van der Waals surface area contributed by atoms with E-state index < -0.39 is 21.8 Å². The zero-order valence-electron chi connectivity index (χ0n) is 16.5. The van der Waals surface area contributed by atoms with Crippen molar-refractivity contribution in [1.82, 2.24) is 0 Å². The number of hydrogen-bond donors (Lipinski definition) is 0. The Morgan fingerprint density at radius 2 is 1.13 bits per heavy atom. The molecule has 0 N–H and O–H groups in total. The minimum absolute atomic E-state index is 0.0662. The fourth-order valence-corrected chi connectivity index (χ4v) is 2.56. The van der Waals surface area contributed by atoms with Crippen LogP contribution in [-0.4, -0.2) is 21.8 Å². The van der Waals surface area contributed by atoms with Crippen molar-refractivity contribution in [2.24, 2.45) is 0 Å². The molecule has 0 aliphatic carbocycles. The highest BCUT2D eigenvalue weighted by atomic mass is 16.6. The summed E-state index contributed by atoms with van der Waals surface area (Å²) in [6.07, 6.45) is -0.443. The third-order valence-corrected chi connectivity index (χ3v) is 4.27. The average molecular weight is 416 g/mol. The van der Waals surface area contributed by atoms with Crippen LogP contribution in [0.2, 0.25) is 0 Å². The van der Waals surface area contributed by atoms with Gasteiger partial charge >= 0.3 is 11.9 Å². The highest BCUT2D eigenvalue weighted by molar-refractivity contribution is 5.77. The molecule has 10 heteroatoms. The van der Waals surface area contributed by atoms with Gasteiger partial charge in [-0.25, -0.2) is 0 Å². The van der Waals surface area contributed by atoms with E-state index in [4.69, 9.17) is 9.47 Å². The first-order valence-electron chi connectivity index (χ1n) is 8.96. The van der Waals surface area contributed by atoms with E-state index in [1.807, 2.05) is 0 Å². The van der Waals surface area contributed by atoms with Gasteiger partial charge in [-0.05, 0) is 25.0 Å². The van der Waals surface area contributed by atoms with Gasteiger partial charge in [0.15, 0.2) is 0 Å². The maximum Gasteiger partial charge on any atom is 0.306 e. The lowest BCUT2D eigenvalue weighted by atomic mass is 10.1. The molecular weight excluding hydrogens is 396 g/mol. The minimum atomic E-state index is -0.652. The molecule has 2 aromatic rings. The number of ether oxygens (including phenoxy) is 2. The second-order valence-electron chi connectivity index (χ2n) is 6.58. The summed E-state index contributed by atoms with van der Waals surface area (Å²) in [6.45, 7) is 2.91. The van der Waals surface area contributed by atoms with Gasteiger partial charge in [0.05, 0.1) is 22.7 Å². The lowest BCUT2D eigenvalue weighted by molar-refractivity contribution is -0.385. The highest BCUT2D eigenvalue weighted by Crippen LogP contribution is 2.21. The summed E-state index contributed by atoms with van der Waals surface area (Å²) in [6, 6.07) is 9.02. The van der Waals surface area contributed by atoms with Crippen LogP contribution in [0.3, 0.4) is 0 Å². The molecule has 0 heterocycles. The van der Waals surface area contributed by atoms with Gasteiger partial charge in [-0.1, -0.05) is 24.3 Å². The zero-order valence-corrected chi connectivity index (χ0v) is 16.5. The quantitative estimate of drug-likeness (QED) is 0.343. The van der Waals surface area contributed by atoms with E-state index in [0.29, 0.717) is 22.3 Å². The molecule has 0 saturated carbocycles. The van der Waals surface area contributed by atoms with Crippen molar-refractivity contribution in [1.29, 1.82) is 0 Å². The normalized spacial score (nSPS) is 10.3. The molecule has 0 amide bonds. The van der Waals surface area contributed by atoms with Crippen LogP contribution in [0, 0.1) is 34.1 Å². The number of rotatable bonds is 9. The number of nitro groups is 2. The Hall–Kier alpha value is -3.82. The summed E-state index contributed by atoms with van der Waals surface area (Å²) >= 11 is 0. The maximum atomic E-state index is 11.8. The van der Waals surface area contributed by atoms with E-state index in [1.54, 1.807) is 38.1 Å². The molecule has 0 aromatic heterocycles. The molecule has 0 aliphatic rings. The Morgan fingerprint density at radius 1 is 0.767 bits per heavy atom. The third kappa shape index (κ3) is 6.36. The number of nitro benzene ring substituents is 2. The van der Waals surface area contributed by atoms with Gasteiger partial charge in [-0.15, -0.1) is 0 Å². The van der Waals surface area contributed by atoms with Gasteiger partial charge in [0.2, 0.25) is 0 Å². The van der Waals surface area contributed by atoms with E-state index in [-0.39, 0.29) is 37.4 Å². The van der Waals surface area contributed by atoms with Gasteiger partial charge < -0.3 is 9.47 Å². The molecule has 0 atom stereocenters. The fourth-order valence-electron chi connectivity index (χ4n) is 2.56. The van der Waals surface area contributed by atoms with Gasteiger partial charge in [-0.3, -0.25) is 29.8 Å². The van der Waals surface area contributed by atoms with E-state index in [0.717, 1.165) is 0 Å². The van der Waals surface area contributed by atoms with E-state index in [9.17, 15) is 29.8 Å². The average Bonchev–Trinajstić information content (AvgIpc) is 2.70. The zero-order chi connectivity index (χ0) is 22.3. The summed E-state index contributed by atoms with van der Waals surface area (Å²) in [4.78, 5) is 44.4. The number of carbonyl (C=O) groups is 2. The van der Waals surface area contributed by atoms with Gasteiger partial charge in [-0.2, -0.15) is 0 Å². The van der Waals surface area contributed by atoms with Crippen molar-refractivity contribution >= 4 is 23.3 Å².